The summed E-state index contributed by atoms with van der Waals surface area (Å²) in [6.45, 7) is 1.98. The monoisotopic (exact) mass is 280 g/mol. The third-order valence-electron chi connectivity index (χ3n) is 3.16. The predicted octanol–water partition coefficient (Wildman–Crippen LogP) is 3.27. The number of hydrazine groups is 1. The summed E-state index contributed by atoms with van der Waals surface area (Å²) in [4.78, 5) is 8.58. The fraction of sp³-hybridized carbons (Fsp3) is 0.125. The van der Waals surface area contributed by atoms with Crippen molar-refractivity contribution in [3.05, 3.63) is 54.4 Å². The Morgan fingerprint density at radius 3 is 2.62 bits per heavy atom. The van der Waals surface area contributed by atoms with E-state index in [9.17, 15) is 0 Å². The van der Waals surface area contributed by atoms with Gasteiger partial charge in [-0.1, -0.05) is 37.3 Å². The van der Waals surface area contributed by atoms with Crippen LogP contribution in [0.2, 0.25) is 0 Å². The summed E-state index contributed by atoms with van der Waals surface area (Å²) >= 11 is 0. The zero-order valence-electron chi connectivity index (χ0n) is 11.7. The van der Waals surface area contributed by atoms with Crippen LogP contribution in [0.4, 0.5) is 5.82 Å². The second-order valence-electron chi connectivity index (χ2n) is 4.62. The molecule has 0 saturated carbocycles. The molecule has 0 aliphatic rings. The molecule has 3 N–H and O–H groups in total. The lowest BCUT2D eigenvalue weighted by atomic mass is 10.1. The van der Waals surface area contributed by atoms with E-state index in [2.05, 4.69) is 21.5 Å². The van der Waals surface area contributed by atoms with Gasteiger partial charge < -0.3 is 10.2 Å². The SMILES string of the molecule is CCc1nc(NN)cc(Oc2ccc3ccccc3c2)n1. The quantitative estimate of drug-likeness (QED) is 0.567. The lowest BCUT2D eigenvalue weighted by Crippen LogP contribution is -2.10. The van der Waals surface area contributed by atoms with Gasteiger partial charge in [-0.2, -0.15) is 4.98 Å². The van der Waals surface area contributed by atoms with Crippen molar-refractivity contribution in [1.82, 2.24) is 9.97 Å². The molecule has 2 aromatic carbocycles. The second-order valence-corrected chi connectivity index (χ2v) is 4.62. The van der Waals surface area contributed by atoms with Crippen LogP contribution in [-0.4, -0.2) is 9.97 Å². The highest BCUT2D eigenvalue weighted by Gasteiger charge is 2.05. The number of nitrogens with two attached hydrogens (primary N) is 1. The van der Waals surface area contributed by atoms with Gasteiger partial charge in [-0.15, -0.1) is 0 Å². The van der Waals surface area contributed by atoms with Crippen LogP contribution in [0.25, 0.3) is 10.8 Å². The molecular formula is C16H16N4O. The van der Waals surface area contributed by atoms with Gasteiger partial charge in [0.05, 0.1) is 0 Å². The lowest BCUT2D eigenvalue weighted by molar-refractivity contribution is 0.460. The highest BCUT2D eigenvalue weighted by atomic mass is 16.5. The second kappa shape index (κ2) is 5.76. The molecule has 106 valence electrons. The van der Waals surface area contributed by atoms with Gasteiger partial charge in [-0.05, 0) is 22.9 Å². The molecule has 1 aromatic heterocycles. The predicted molar refractivity (Wildman–Crippen MR) is 83.2 cm³/mol. The van der Waals surface area contributed by atoms with Crippen LogP contribution < -0.4 is 16.0 Å². The molecule has 0 aliphatic heterocycles. The Balaban J connectivity index is 1.94. The van der Waals surface area contributed by atoms with E-state index in [-0.39, 0.29) is 0 Å². The molecule has 3 rings (SSSR count). The Morgan fingerprint density at radius 1 is 1.05 bits per heavy atom. The Hall–Kier alpha value is -2.66. The highest BCUT2D eigenvalue weighted by molar-refractivity contribution is 5.83. The van der Waals surface area contributed by atoms with E-state index in [0.29, 0.717) is 23.9 Å². The summed E-state index contributed by atoms with van der Waals surface area (Å²) in [5, 5.41) is 2.29. The minimum Gasteiger partial charge on any atom is -0.439 e. The Morgan fingerprint density at radius 2 is 1.86 bits per heavy atom. The molecule has 0 spiro atoms. The fourth-order valence-corrected chi connectivity index (χ4v) is 2.11. The Labute approximate surface area is 122 Å². The number of ether oxygens (including phenoxy) is 1. The summed E-state index contributed by atoms with van der Waals surface area (Å²) in [5.74, 6) is 7.85. The minimum atomic E-state index is 0.477. The number of nitrogens with one attached hydrogen (secondary N) is 1. The van der Waals surface area contributed by atoms with E-state index in [0.717, 1.165) is 11.1 Å². The first-order valence-electron chi connectivity index (χ1n) is 6.79. The maximum atomic E-state index is 5.82. The number of nitrogens with zero attached hydrogens (tertiary/aromatic N) is 2. The third-order valence-corrected chi connectivity index (χ3v) is 3.16. The van der Waals surface area contributed by atoms with Crippen molar-refractivity contribution in [2.24, 2.45) is 5.84 Å². The summed E-state index contributed by atoms with van der Waals surface area (Å²) in [7, 11) is 0. The first-order valence-corrected chi connectivity index (χ1v) is 6.79. The van der Waals surface area contributed by atoms with Crippen LogP contribution in [0.15, 0.2) is 48.5 Å². The van der Waals surface area contributed by atoms with Gasteiger partial charge in [0.1, 0.15) is 17.4 Å². The van der Waals surface area contributed by atoms with E-state index in [1.54, 1.807) is 6.07 Å². The van der Waals surface area contributed by atoms with Gasteiger partial charge in [-0.3, -0.25) is 0 Å². The van der Waals surface area contributed by atoms with E-state index in [1.807, 2.05) is 43.3 Å². The molecule has 0 unspecified atom stereocenters. The number of hydrogen-bond acceptors (Lipinski definition) is 5. The molecular weight excluding hydrogens is 264 g/mol. The number of rotatable bonds is 4. The fourth-order valence-electron chi connectivity index (χ4n) is 2.11. The number of fused-ring (bicyclic) bond motifs is 1. The molecule has 0 amide bonds. The molecule has 0 radical (unpaired) electrons. The summed E-state index contributed by atoms with van der Waals surface area (Å²) in [6, 6.07) is 15.7. The van der Waals surface area contributed by atoms with Crippen LogP contribution in [0.1, 0.15) is 12.7 Å². The Kier molecular flexibility index (Phi) is 3.66. The Bertz CT molecular complexity index is 751. The number of anilines is 1. The summed E-state index contributed by atoms with van der Waals surface area (Å²) < 4.78 is 5.82. The van der Waals surface area contributed by atoms with Crippen LogP contribution in [0, 0.1) is 0 Å². The molecule has 0 fully saturated rings. The zero-order valence-corrected chi connectivity index (χ0v) is 11.7. The van der Waals surface area contributed by atoms with Crippen LogP contribution >= 0.6 is 0 Å². The van der Waals surface area contributed by atoms with Crippen LogP contribution in [0.5, 0.6) is 11.6 Å². The van der Waals surface area contributed by atoms with Gasteiger partial charge in [0.25, 0.3) is 0 Å². The normalized spacial score (nSPS) is 10.6. The molecule has 1 heterocycles. The summed E-state index contributed by atoms with van der Waals surface area (Å²) in [5.41, 5.74) is 2.53. The molecule has 5 heteroatoms. The van der Waals surface area contributed by atoms with Crippen molar-refractivity contribution in [2.45, 2.75) is 13.3 Å². The summed E-state index contributed by atoms with van der Waals surface area (Å²) in [6.07, 6.45) is 0.712. The van der Waals surface area contributed by atoms with Crippen LogP contribution in [0.3, 0.4) is 0 Å². The largest absolute Gasteiger partial charge is 0.439 e. The topological polar surface area (TPSA) is 73.1 Å². The minimum absolute atomic E-state index is 0.477. The van der Waals surface area contributed by atoms with Gasteiger partial charge in [-0.25, -0.2) is 10.8 Å². The van der Waals surface area contributed by atoms with Gasteiger partial charge in [0, 0.05) is 12.5 Å². The van der Waals surface area contributed by atoms with Crippen molar-refractivity contribution in [2.75, 3.05) is 5.43 Å². The molecule has 0 aliphatic carbocycles. The lowest BCUT2D eigenvalue weighted by Gasteiger charge is -2.09. The third kappa shape index (κ3) is 2.93. The molecule has 5 nitrogen and oxygen atoms in total. The standard InChI is InChI=1S/C16H16N4O/c1-2-14-18-15(20-17)10-16(19-14)21-13-8-7-11-5-3-4-6-12(11)9-13/h3-10H,2,17H2,1H3,(H,18,19,20). The maximum absolute atomic E-state index is 5.82. The van der Waals surface area contributed by atoms with Crippen molar-refractivity contribution >= 4 is 16.6 Å². The van der Waals surface area contributed by atoms with E-state index < -0.39 is 0 Å². The number of benzene rings is 2. The number of aromatic nitrogens is 2. The molecule has 0 saturated heterocycles. The zero-order chi connectivity index (χ0) is 14.7. The number of hydrogen-bond donors (Lipinski definition) is 2. The molecule has 3 aromatic rings. The first-order chi connectivity index (χ1) is 10.3. The van der Waals surface area contributed by atoms with E-state index >= 15 is 0 Å². The highest BCUT2D eigenvalue weighted by Crippen LogP contribution is 2.25. The van der Waals surface area contributed by atoms with Gasteiger partial charge in [0.2, 0.25) is 5.88 Å². The molecule has 21 heavy (non-hydrogen) atoms. The van der Waals surface area contributed by atoms with E-state index in [4.69, 9.17) is 10.6 Å². The van der Waals surface area contributed by atoms with Crippen molar-refractivity contribution < 1.29 is 4.74 Å². The average Bonchev–Trinajstić information content (AvgIpc) is 2.54. The van der Waals surface area contributed by atoms with Crippen LogP contribution in [-0.2, 0) is 6.42 Å². The van der Waals surface area contributed by atoms with Gasteiger partial charge in [0.15, 0.2) is 0 Å². The van der Waals surface area contributed by atoms with Crippen molar-refractivity contribution in [1.29, 1.82) is 0 Å². The van der Waals surface area contributed by atoms with E-state index in [1.165, 1.54) is 5.39 Å². The molecule has 0 atom stereocenters. The van der Waals surface area contributed by atoms with Crippen molar-refractivity contribution in [3.8, 4) is 11.6 Å². The van der Waals surface area contributed by atoms with Gasteiger partial charge >= 0.3 is 0 Å². The number of nitrogen functional groups attached to an aromatic ring is 1. The average molecular weight is 280 g/mol. The smallest absolute Gasteiger partial charge is 0.224 e. The molecule has 0 bridgehead atoms. The number of aryl methyl sites for hydroxylation is 1. The van der Waals surface area contributed by atoms with Crippen molar-refractivity contribution in [3.63, 3.8) is 0 Å². The maximum Gasteiger partial charge on any atom is 0.224 e. The first kappa shape index (κ1) is 13.3.